The molecule has 0 N–H and O–H groups in total. The number of hydrogen-bond donors (Lipinski definition) is 0. The minimum absolute atomic E-state index is 0. The van der Waals surface area contributed by atoms with Gasteiger partial charge in [0.2, 0.25) is 0 Å². The van der Waals surface area contributed by atoms with E-state index >= 15 is 0 Å². The maximum Gasteiger partial charge on any atom is 0.0915 e. The smallest absolute Gasteiger partial charge is 0.0915 e. The zero-order valence-corrected chi connectivity index (χ0v) is 19.6. The Balaban J connectivity index is 0.00000264. The lowest BCUT2D eigenvalue weighted by Gasteiger charge is -2.43. The Labute approximate surface area is 172 Å². The Kier molecular flexibility index (Phi) is 12.7. The largest absolute Gasteiger partial charge is 1.00 e. The predicted octanol–water partition coefficient (Wildman–Crippen LogP) is -3.03. The number of hydrogen-bond acceptors (Lipinski definition) is 1. The third kappa shape index (κ3) is 7.22. The first kappa shape index (κ1) is 24.8. The van der Waals surface area contributed by atoms with E-state index in [9.17, 15) is 0 Å². The normalized spacial score (nSPS) is 22.5. The van der Waals surface area contributed by atoms with Gasteiger partial charge in [-0.3, -0.25) is 4.90 Å². The van der Waals surface area contributed by atoms with E-state index in [1.807, 2.05) is 0 Å². The van der Waals surface area contributed by atoms with Crippen molar-refractivity contribution in [1.29, 1.82) is 0 Å². The van der Waals surface area contributed by atoms with Gasteiger partial charge in [-0.1, -0.05) is 0 Å². The minimum Gasteiger partial charge on any atom is -1.00 e. The summed E-state index contributed by atoms with van der Waals surface area (Å²) in [6.07, 6.45) is 8.74. The monoisotopic (exact) mass is 469 g/mol. The van der Waals surface area contributed by atoms with Gasteiger partial charge >= 0.3 is 0 Å². The second-order valence-corrected chi connectivity index (χ2v) is 8.08. The molecular weight excluding hydrogens is 430 g/mol. The molecule has 2 aliphatic heterocycles. The van der Waals surface area contributed by atoms with Crippen LogP contribution in [0.15, 0.2) is 0 Å². The summed E-state index contributed by atoms with van der Waals surface area (Å²) in [6.45, 7) is 18.5. The van der Waals surface area contributed by atoms with Gasteiger partial charge in [0, 0.05) is 13.1 Å². The van der Waals surface area contributed by atoms with Crippen molar-refractivity contribution in [3.8, 4) is 0 Å². The van der Waals surface area contributed by atoms with Gasteiger partial charge in [0.15, 0.2) is 0 Å². The second-order valence-electron chi connectivity index (χ2n) is 8.08. The van der Waals surface area contributed by atoms with E-state index in [0.717, 1.165) is 0 Å². The zero-order valence-electron chi connectivity index (χ0n) is 16.4. The Hall–Kier alpha value is 0.840. The molecule has 0 amide bonds. The lowest BCUT2D eigenvalue weighted by molar-refractivity contribution is -0.932. The molecule has 0 spiro atoms. The van der Waals surface area contributed by atoms with Crippen molar-refractivity contribution < 1.29 is 42.9 Å². The molecular formula is C19H41Br2N3. The molecule has 0 unspecified atom stereocenters. The Bertz CT molecular complexity index is 284. The summed E-state index contributed by atoms with van der Waals surface area (Å²) in [6, 6.07) is 0. The number of nitrogens with zero attached hydrogens (tertiary/aromatic N) is 3. The summed E-state index contributed by atoms with van der Waals surface area (Å²) >= 11 is 0. The highest BCUT2D eigenvalue weighted by molar-refractivity contribution is 4.59. The van der Waals surface area contributed by atoms with Gasteiger partial charge in [-0.05, 0) is 59.4 Å². The standard InChI is InChI=1S/C19H41N3.2BrH/c1-4-21(14-8-6-9-15-21)18-12-20(3)13-19-22(5-2)16-10-7-11-17-22;;/h4-19H2,1-3H3;2*1H/q+2;;/p-2. The third-order valence-electron chi connectivity index (χ3n) is 6.78. The molecule has 0 aromatic carbocycles. The van der Waals surface area contributed by atoms with Crippen LogP contribution < -0.4 is 34.0 Å². The number of likely N-dealkylation sites (N-methyl/N-ethyl adjacent to an activating group) is 3. The molecule has 0 aromatic heterocycles. The van der Waals surface area contributed by atoms with Crippen LogP contribution >= 0.6 is 0 Å². The number of halogens is 2. The molecule has 0 aromatic rings. The Morgan fingerprint density at radius 3 is 1.25 bits per heavy atom. The van der Waals surface area contributed by atoms with Gasteiger partial charge < -0.3 is 42.9 Å². The van der Waals surface area contributed by atoms with E-state index in [1.54, 1.807) is 0 Å². The van der Waals surface area contributed by atoms with E-state index in [2.05, 4.69) is 25.8 Å². The lowest BCUT2D eigenvalue weighted by atomic mass is 10.1. The van der Waals surface area contributed by atoms with Crippen molar-refractivity contribution in [2.24, 2.45) is 0 Å². The summed E-state index contributed by atoms with van der Waals surface area (Å²) in [5.74, 6) is 0. The summed E-state index contributed by atoms with van der Waals surface area (Å²) < 4.78 is 2.77. The van der Waals surface area contributed by atoms with Crippen molar-refractivity contribution in [1.82, 2.24) is 4.90 Å². The summed E-state index contributed by atoms with van der Waals surface area (Å²) in [5.41, 5.74) is 0. The molecule has 2 saturated heterocycles. The van der Waals surface area contributed by atoms with Crippen molar-refractivity contribution in [3.63, 3.8) is 0 Å². The molecule has 2 fully saturated rings. The fourth-order valence-electron chi connectivity index (χ4n) is 4.64. The van der Waals surface area contributed by atoms with E-state index in [-0.39, 0.29) is 34.0 Å². The van der Waals surface area contributed by atoms with Crippen LogP contribution in [-0.2, 0) is 0 Å². The van der Waals surface area contributed by atoms with E-state index < -0.39 is 0 Å². The van der Waals surface area contributed by atoms with Crippen LogP contribution in [0.25, 0.3) is 0 Å². The fourth-order valence-corrected chi connectivity index (χ4v) is 4.64. The number of likely N-dealkylation sites (tertiary alicyclic amines) is 2. The molecule has 0 saturated carbocycles. The van der Waals surface area contributed by atoms with Gasteiger partial charge in [0.25, 0.3) is 0 Å². The van der Waals surface area contributed by atoms with Gasteiger partial charge in [-0.15, -0.1) is 0 Å². The quantitative estimate of drug-likeness (QED) is 0.341. The molecule has 24 heavy (non-hydrogen) atoms. The molecule has 0 aliphatic carbocycles. The number of quaternary nitrogens is 2. The number of piperidine rings is 2. The van der Waals surface area contributed by atoms with Crippen molar-refractivity contribution in [2.75, 3.05) is 72.5 Å². The van der Waals surface area contributed by atoms with Crippen molar-refractivity contribution >= 4 is 0 Å². The van der Waals surface area contributed by atoms with Crippen LogP contribution in [0.3, 0.4) is 0 Å². The molecule has 146 valence electrons. The SMILES string of the molecule is CC[N+]1(CCN(C)CC[N+]2(CC)CCCCC2)CCCCC1.[Br-].[Br-]. The van der Waals surface area contributed by atoms with Gasteiger partial charge in [-0.25, -0.2) is 0 Å². The fraction of sp³-hybridized carbons (Fsp3) is 1.00. The van der Waals surface area contributed by atoms with Gasteiger partial charge in [0.1, 0.15) is 0 Å². The van der Waals surface area contributed by atoms with Crippen molar-refractivity contribution in [3.05, 3.63) is 0 Å². The van der Waals surface area contributed by atoms with E-state index in [4.69, 9.17) is 0 Å². The van der Waals surface area contributed by atoms with Crippen LogP contribution in [0.5, 0.6) is 0 Å². The first-order chi connectivity index (χ1) is 10.6. The molecule has 2 heterocycles. The summed E-state index contributed by atoms with van der Waals surface area (Å²) in [7, 11) is 2.35. The summed E-state index contributed by atoms with van der Waals surface area (Å²) in [5, 5.41) is 0. The highest BCUT2D eigenvalue weighted by Crippen LogP contribution is 2.20. The topological polar surface area (TPSA) is 3.24 Å². The molecule has 2 rings (SSSR count). The maximum absolute atomic E-state index is 2.62. The molecule has 2 aliphatic rings. The Morgan fingerprint density at radius 2 is 0.958 bits per heavy atom. The second kappa shape index (κ2) is 12.3. The van der Waals surface area contributed by atoms with Crippen LogP contribution in [0.4, 0.5) is 0 Å². The molecule has 3 nitrogen and oxygen atoms in total. The Morgan fingerprint density at radius 1 is 0.625 bits per heavy atom. The van der Waals surface area contributed by atoms with Crippen molar-refractivity contribution in [2.45, 2.75) is 52.4 Å². The average Bonchev–Trinajstić information content (AvgIpc) is 2.60. The molecule has 0 radical (unpaired) electrons. The first-order valence-corrected chi connectivity index (χ1v) is 10.0. The van der Waals surface area contributed by atoms with E-state index in [0.29, 0.717) is 0 Å². The lowest BCUT2D eigenvalue weighted by Crippen LogP contribution is -3.00. The predicted molar refractivity (Wildman–Crippen MR) is 96.0 cm³/mol. The minimum atomic E-state index is 0. The van der Waals surface area contributed by atoms with Crippen LogP contribution in [-0.4, -0.2) is 86.4 Å². The first-order valence-electron chi connectivity index (χ1n) is 10.0. The maximum atomic E-state index is 2.62. The average molecular weight is 471 g/mol. The zero-order chi connectivity index (χ0) is 15.9. The molecule has 0 bridgehead atoms. The van der Waals surface area contributed by atoms with Gasteiger partial charge in [-0.2, -0.15) is 0 Å². The van der Waals surface area contributed by atoms with Crippen LogP contribution in [0, 0.1) is 0 Å². The van der Waals surface area contributed by atoms with Crippen LogP contribution in [0.1, 0.15) is 52.4 Å². The van der Waals surface area contributed by atoms with Gasteiger partial charge in [0.05, 0.1) is 52.4 Å². The van der Waals surface area contributed by atoms with Crippen LogP contribution in [0.2, 0.25) is 0 Å². The van der Waals surface area contributed by atoms with E-state index in [1.165, 1.54) is 113 Å². The highest BCUT2D eigenvalue weighted by atomic mass is 79.9. The molecule has 0 atom stereocenters. The highest BCUT2D eigenvalue weighted by Gasteiger charge is 2.30. The molecule has 5 heteroatoms. The number of rotatable bonds is 8. The summed E-state index contributed by atoms with van der Waals surface area (Å²) in [4.78, 5) is 2.62. The third-order valence-corrected chi connectivity index (χ3v) is 6.78.